The molecule has 13 heteroatoms. The van der Waals surface area contributed by atoms with Crippen molar-refractivity contribution in [2.24, 2.45) is 0 Å². The van der Waals surface area contributed by atoms with Crippen molar-refractivity contribution in [1.82, 2.24) is 8.96 Å². The number of anilines is 2. The minimum Gasteiger partial charge on any atom is -0.320 e. The molecule has 0 spiro atoms. The van der Waals surface area contributed by atoms with E-state index in [1.54, 1.807) is 31.2 Å². The van der Waals surface area contributed by atoms with Crippen molar-refractivity contribution >= 4 is 48.4 Å². The van der Waals surface area contributed by atoms with Crippen LogP contribution in [0.5, 0.6) is 0 Å². The average Bonchev–Trinajstić information content (AvgIpc) is 3.62. The molecule has 41 heavy (non-hydrogen) atoms. The van der Waals surface area contributed by atoms with Gasteiger partial charge in [-0.05, 0) is 61.1 Å². The van der Waals surface area contributed by atoms with Gasteiger partial charge in [0.15, 0.2) is 11.5 Å². The average molecular weight is 601 g/mol. The number of hydrogen-bond donors (Lipinski definition) is 2. The van der Waals surface area contributed by atoms with Crippen molar-refractivity contribution in [3.8, 4) is 0 Å². The SMILES string of the molecule is CCCS(=O)(=O)Nc1ccc(F)c(C(=O)Nc2cnc3c(ccn3S(=O)(=O)c3ccccc3)c2C2CC=CC2)c1F. The maximum absolute atomic E-state index is 15.3. The number of pyridine rings is 1. The summed E-state index contributed by atoms with van der Waals surface area (Å²) in [4.78, 5) is 17.6. The molecule has 0 aliphatic heterocycles. The molecule has 1 amide bonds. The van der Waals surface area contributed by atoms with Crippen LogP contribution in [0.4, 0.5) is 20.2 Å². The summed E-state index contributed by atoms with van der Waals surface area (Å²) in [5.74, 6) is -4.14. The number of sulfonamides is 1. The number of nitrogens with zero attached hydrogens (tertiary/aromatic N) is 2. The fraction of sp³-hybridized carbons (Fsp3) is 0.214. The summed E-state index contributed by atoms with van der Waals surface area (Å²) in [6, 6.07) is 11.2. The molecule has 0 unspecified atom stereocenters. The van der Waals surface area contributed by atoms with Gasteiger partial charge in [-0.25, -0.2) is 34.6 Å². The molecule has 1 aliphatic carbocycles. The summed E-state index contributed by atoms with van der Waals surface area (Å²) in [5.41, 5.74) is -0.667. The van der Waals surface area contributed by atoms with Gasteiger partial charge in [0.1, 0.15) is 11.4 Å². The first kappa shape index (κ1) is 28.4. The monoisotopic (exact) mass is 600 g/mol. The molecule has 214 valence electrons. The lowest BCUT2D eigenvalue weighted by Gasteiger charge is -2.18. The second-order valence-electron chi connectivity index (χ2n) is 9.55. The fourth-order valence-corrected chi connectivity index (χ4v) is 7.34. The van der Waals surface area contributed by atoms with E-state index in [-0.39, 0.29) is 34.3 Å². The van der Waals surface area contributed by atoms with Gasteiger partial charge in [0.2, 0.25) is 10.0 Å². The number of amides is 1. The lowest BCUT2D eigenvalue weighted by molar-refractivity contribution is 0.101. The first-order chi connectivity index (χ1) is 19.5. The van der Waals surface area contributed by atoms with Gasteiger partial charge in [0.25, 0.3) is 15.9 Å². The standard InChI is InChI=1S/C28H26F2N4O5S2/c1-2-16-40(36,37)33-22-13-12-21(29)25(26(22)30)28(35)32-23-17-31-27-20(24(23)18-8-6-7-9-18)14-15-34(27)41(38,39)19-10-4-3-5-11-19/h3-7,10-15,17-18,33H,2,8-9,16H2,1H3,(H,32,35). The number of benzene rings is 2. The van der Waals surface area contributed by atoms with Crippen LogP contribution in [-0.4, -0.2) is 37.5 Å². The Morgan fingerprint density at radius 1 is 1.00 bits per heavy atom. The second-order valence-corrected chi connectivity index (χ2v) is 13.2. The predicted molar refractivity (Wildman–Crippen MR) is 152 cm³/mol. The van der Waals surface area contributed by atoms with E-state index in [9.17, 15) is 26.0 Å². The molecule has 1 aliphatic rings. The highest BCUT2D eigenvalue weighted by molar-refractivity contribution is 7.92. The van der Waals surface area contributed by atoms with Crippen LogP contribution in [0.2, 0.25) is 0 Å². The molecule has 0 fully saturated rings. The van der Waals surface area contributed by atoms with Crippen molar-refractivity contribution in [3.05, 3.63) is 95.8 Å². The topological polar surface area (TPSA) is 127 Å². The Labute approximate surface area is 236 Å². The van der Waals surface area contributed by atoms with Crippen LogP contribution in [0, 0.1) is 11.6 Å². The van der Waals surface area contributed by atoms with E-state index in [2.05, 4.69) is 15.0 Å². The number of allylic oxidation sites excluding steroid dienone is 2. The summed E-state index contributed by atoms with van der Waals surface area (Å²) >= 11 is 0. The number of rotatable bonds is 9. The number of carbonyl (C=O) groups excluding carboxylic acids is 1. The molecule has 0 bridgehead atoms. The van der Waals surface area contributed by atoms with E-state index in [0.717, 1.165) is 16.1 Å². The van der Waals surface area contributed by atoms with Crippen molar-refractivity contribution in [1.29, 1.82) is 0 Å². The summed E-state index contributed by atoms with van der Waals surface area (Å²) in [6.45, 7) is 1.63. The highest BCUT2D eigenvalue weighted by atomic mass is 32.2. The van der Waals surface area contributed by atoms with Crippen LogP contribution < -0.4 is 10.0 Å². The fourth-order valence-electron chi connectivity index (χ4n) is 4.89. The maximum atomic E-state index is 15.3. The van der Waals surface area contributed by atoms with Crippen LogP contribution >= 0.6 is 0 Å². The van der Waals surface area contributed by atoms with Gasteiger partial charge in [-0.3, -0.25) is 9.52 Å². The van der Waals surface area contributed by atoms with E-state index in [4.69, 9.17) is 0 Å². The van der Waals surface area contributed by atoms with Crippen molar-refractivity contribution in [2.75, 3.05) is 15.8 Å². The van der Waals surface area contributed by atoms with Crippen LogP contribution in [0.15, 0.2) is 78.0 Å². The number of carbonyl (C=O) groups is 1. The largest absolute Gasteiger partial charge is 0.320 e. The molecule has 0 radical (unpaired) electrons. The summed E-state index contributed by atoms with van der Waals surface area (Å²) in [5, 5.41) is 2.98. The quantitative estimate of drug-likeness (QED) is 0.248. The van der Waals surface area contributed by atoms with Crippen LogP contribution in [0.3, 0.4) is 0 Å². The van der Waals surface area contributed by atoms with Crippen LogP contribution in [0.1, 0.15) is 48.0 Å². The van der Waals surface area contributed by atoms with Gasteiger partial charge in [0.05, 0.1) is 28.2 Å². The zero-order valence-corrected chi connectivity index (χ0v) is 23.5. The van der Waals surface area contributed by atoms with Gasteiger partial charge in [-0.15, -0.1) is 0 Å². The Hall–Kier alpha value is -4.10. The Morgan fingerprint density at radius 2 is 1.71 bits per heavy atom. The minimum absolute atomic E-state index is 0.0705. The van der Waals surface area contributed by atoms with Gasteiger partial charge >= 0.3 is 0 Å². The van der Waals surface area contributed by atoms with Crippen LogP contribution in [-0.2, 0) is 20.0 Å². The number of nitrogens with one attached hydrogen (secondary N) is 2. The predicted octanol–water partition coefficient (Wildman–Crippen LogP) is 5.39. The Kier molecular flexibility index (Phi) is 7.66. The molecule has 2 aromatic heterocycles. The number of hydrogen-bond acceptors (Lipinski definition) is 6. The molecule has 4 aromatic rings. The Morgan fingerprint density at radius 3 is 2.39 bits per heavy atom. The smallest absolute Gasteiger partial charge is 0.269 e. The summed E-state index contributed by atoms with van der Waals surface area (Å²) in [6.07, 6.45) is 7.99. The zero-order chi connectivity index (χ0) is 29.4. The molecular formula is C28H26F2N4O5S2. The number of halogens is 2. The van der Waals surface area contributed by atoms with Gasteiger partial charge in [-0.2, -0.15) is 0 Å². The molecule has 0 saturated heterocycles. The molecule has 2 N–H and O–H groups in total. The van der Waals surface area contributed by atoms with Gasteiger partial charge in [-0.1, -0.05) is 37.3 Å². The molecule has 9 nitrogen and oxygen atoms in total. The van der Waals surface area contributed by atoms with Crippen LogP contribution in [0.25, 0.3) is 11.0 Å². The molecule has 0 atom stereocenters. The first-order valence-corrected chi connectivity index (χ1v) is 15.9. The van der Waals surface area contributed by atoms with E-state index >= 15 is 4.39 Å². The van der Waals surface area contributed by atoms with E-state index in [1.807, 2.05) is 12.2 Å². The second kappa shape index (κ2) is 11.1. The molecule has 2 heterocycles. The third-order valence-electron chi connectivity index (χ3n) is 6.74. The zero-order valence-electron chi connectivity index (χ0n) is 21.8. The third-order valence-corrected chi connectivity index (χ3v) is 9.90. The van der Waals surface area contributed by atoms with Crippen molar-refractivity contribution in [2.45, 2.75) is 37.0 Å². The van der Waals surface area contributed by atoms with Gasteiger partial charge in [0, 0.05) is 11.6 Å². The molecule has 0 saturated carbocycles. The molecule has 2 aromatic carbocycles. The highest BCUT2D eigenvalue weighted by Gasteiger charge is 2.28. The van der Waals surface area contributed by atoms with Gasteiger partial charge < -0.3 is 5.32 Å². The van der Waals surface area contributed by atoms with Crippen molar-refractivity contribution in [3.63, 3.8) is 0 Å². The highest BCUT2D eigenvalue weighted by Crippen LogP contribution is 2.39. The molecular weight excluding hydrogens is 574 g/mol. The normalized spacial score (nSPS) is 14.0. The van der Waals surface area contributed by atoms with E-state index in [1.165, 1.54) is 24.5 Å². The first-order valence-electron chi connectivity index (χ1n) is 12.8. The third kappa shape index (κ3) is 5.46. The molecule has 5 rings (SSSR count). The van der Waals surface area contributed by atoms with E-state index in [0.29, 0.717) is 23.8 Å². The minimum atomic E-state index is -3.98. The summed E-state index contributed by atoms with van der Waals surface area (Å²) < 4.78 is 84.1. The van der Waals surface area contributed by atoms with Crippen molar-refractivity contribution < 1.29 is 30.4 Å². The Bertz CT molecular complexity index is 1880. The Balaban J connectivity index is 1.56. The lowest BCUT2D eigenvalue weighted by Crippen LogP contribution is -2.21. The number of aromatic nitrogens is 2. The number of fused-ring (bicyclic) bond motifs is 1. The summed E-state index contributed by atoms with van der Waals surface area (Å²) in [7, 11) is -7.89. The van der Waals surface area contributed by atoms with E-state index < -0.39 is 48.8 Å². The lowest BCUT2D eigenvalue weighted by atomic mass is 9.93. The maximum Gasteiger partial charge on any atom is 0.269 e.